The Bertz CT molecular complexity index is 555. The van der Waals surface area contributed by atoms with Crippen molar-refractivity contribution in [1.82, 2.24) is 5.32 Å². The minimum Gasteiger partial charge on any atom is -0.480 e. The zero-order valence-corrected chi connectivity index (χ0v) is 12.7. The molecule has 1 amide bonds. The van der Waals surface area contributed by atoms with E-state index in [1.807, 2.05) is 0 Å². The Labute approximate surface area is 127 Å². The third-order valence-electron chi connectivity index (χ3n) is 2.69. The molecule has 0 radical (unpaired) electrons. The summed E-state index contributed by atoms with van der Waals surface area (Å²) < 4.78 is 30.9. The molecular formula is C15H19F2NO4. The summed E-state index contributed by atoms with van der Waals surface area (Å²) in [5, 5.41) is 11.3. The monoisotopic (exact) mass is 315 g/mol. The number of hydrogen-bond acceptors (Lipinski definition) is 3. The van der Waals surface area contributed by atoms with Gasteiger partial charge in [0.05, 0.1) is 0 Å². The number of rotatable bonds is 5. The Kier molecular flexibility index (Phi) is 5.84. The number of halogens is 2. The van der Waals surface area contributed by atoms with E-state index in [0.29, 0.717) is 5.56 Å². The van der Waals surface area contributed by atoms with Gasteiger partial charge in [0.15, 0.2) is 11.6 Å². The number of hydrogen-bond donors (Lipinski definition) is 2. The van der Waals surface area contributed by atoms with Crippen molar-refractivity contribution < 1.29 is 28.2 Å². The highest BCUT2D eigenvalue weighted by atomic mass is 19.2. The predicted molar refractivity (Wildman–Crippen MR) is 75.5 cm³/mol. The van der Waals surface area contributed by atoms with Gasteiger partial charge in [-0.25, -0.2) is 18.4 Å². The van der Waals surface area contributed by atoms with E-state index < -0.39 is 35.3 Å². The van der Waals surface area contributed by atoms with Gasteiger partial charge < -0.3 is 15.2 Å². The molecule has 0 bridgehead atoms. The van der Waals surface area contributed by atoms with E-state index in [-0.39, 0.29) is 12.8 Å². The molecule has 0 saturated carbocycles. The summed E-state index contributed by atoms with van der Waals surface area (Å²) in [4.78, 5) is 22.7. The number of carbonyl (C=O) groups excluding carboxylic acids is 1. The summed E-state index contributed by atoms with van der Waals surface area (Å²) >= 11 is 0. The van der Waals surface area contributed by atoms with Crippen LogP contribution in [0.1, 0.15) is 32.8 Å². The number of amides is 1. The summed E-state index contributed by atoms with van der Waals surface area (Å²) in [6, 6.07) is 2.16. The third-order valence-corrected chi connectivity index (χ3v) is 2.69. The lowest BCUT2D eigenvalue weighted by atomic mass is 10.1. The lowest BCUT2D eigenvalue weighted by Gasteiger charge is -2.22. The minimum absolute atomic E-state index is 0.0274. The van der Waals surface area contributed by atoms with Gasteiger partial charge in [-0.2, -0.15) is 0 Å². The Balaban J connectivity index is 2.63. The first-order valence-electron chi connectivity index (χ1n) is 6.75. The molecule has 5 nitrogen and oxygen atoms in total. The van der Waals surface area contributed by atoms with E-state index in [0.717, 1.165) is 12.1 Å². The van der Waals surface area contributed by atoms with Gasteiger partial charge in [-0.15, -0.1) is 0 Å². The van der Waals surface area contributed by atoms with Crippen LogP contribution in [0.25, 0.3) is 0 Å². The molecule has 7 heteroatoms. The maximum atomic E-state index is 13.1. The van der Waals surface area contributed by atoms with Gasteiger partial charge in [0.1, 0.15) is 11.6 Å². The molecule has 0 aliphatic carbocycles. The Morgan fingerprint density at radius 2 is 1.91 bits per heavy atom. The van der Waals surface area contributed by atoms with Crippen LogP contribution in [-0.2, 0) is 16.0 Å². The number of alkyl carbamates (subject to hydrolysis) is 1. The van der Waals surface area contributed by atoms with Crippen molar-refractivity contribution >= 4 is 12.1 Å². The normalized spacial score (nSPS) is 12.6. The summed E-state index contributed by atoms with van der Waals surface area (Å²) in [6.45, 7) is 4.97. The second kappa shape index (κ2) is 7.20. The van der Waals surface area contributed by atoms with E-state index in [2.05, 4.69) is 5.32 Å². The van der Waals surface area contributed by atoms with E-state index in [4.69, 9.17) is 9.84 Å². The summed E-state index contributed by atoms with van der Waals surface area (Å²) in [7, 11) is 0. The van der Waals surface area contributed by atoms with Gasteiger partial charge in [-0.1, -0.05) is 6.07 Å². The first kappa shape index (κ1) is 17.9. The molecule has 0 heterocycles. The molecule has 0 saturated heterocycles. The van der Waals surface area contributed by atoms with Crippen molar-refractivity contribution in [3.8, 4) is 0 Å². The van der Waals surface area contributed by atoms with Crippen molar-refractivity contribution in [1.29, 1.82) is 0 Å². The van der Waals surface area contributed by atoms with Gasteiger partial charge in [-0.05, 0) is 51.3 Å². The first-order valence-corrected chi connectivity index (χ1v) is 6.75. The molecule has 1 aromatic carbocycles. The number of ether oxygens (including phenoxy) is 1. The SMILES string of the molecule is CC(C)(C)OC(=O)NC(CCc1ccc(F)c(F)c1)C(=O)O. The maximum absolute atomic E-state index is 13.1. The lowest BCUT2D eigenvalue weighted by molar-refractivity contribution is -0.139. The smallest absolute Gasteiger partial charge is 0.408 e. The second-order valence-corrected chi connectivity index (χ2v) is 5.82. The molecule has 0 aliphatic rings. The Morgan fingerprint density at radius 3 is 2.41 bits per heavy atom. The molecule has 122 valence electrons. The minimum atomic E-state index is -1.23. The van der Waals surface area contributed by atoms with Crippen molar-refractivity contribution in [3.05, 3.63) is 35.4 Å². The van der Waals surface area contributed by atoms with E-state index in [9.17, 15) is 18.4 Å². The zero-order valence-electron chi connectivity index (χ0n) is 12.7. The highest BCUT2D eigenvalue weighted by Gasteiger charge is 2.23. The second-order valence-electron chi connectivity index (χ2n) is 5.82. The van der Waals surface area contributed by atoms with Crippen molar-refractivity contribution in [2.45, 2.75) is 45.3 Å². The van der Waals surface area contributed by atoms with E-state index >= 15 is 0 Å². The number of carbonyl (C=O) groups is 2. The fraction of sp³-hybridized carbons (Fsp3) is 0.467. The van der Waals surface area contributed by atoms with Gasteiger partial charge in [0.2, 0.25) is 0 Å². The molecule has 0 aromatic heterocycles. The predicted octanol–water partition coefficient (Wildman–Crippen LogP) is 2.88. The van der Waals surface area contributed by atoms with Crippen LogP contribution in [-0.4, -0.2) is 28.8 Å². The fourth-order valence-electron chi connectivity index (χ4n) is 1.71. The van der Waals surface area contributed by atoms with Gasteiger partial charge >= 0.3 is 12.1 Å². The van der Waals surface area contributed by atoms with Crippen LogP contribution in [0.4, 0.5) is 13.6 Å². The molecule has 2 N–H and O–H groups in total. The largest absolute Gasteiger partial charge is 0.480 e. The number of carboxylic acid groups (broad SMARTS) is 1. The standard InChI is InChI=1S/C15H19F2NO4/c1-15(2,3)22-14(21)18-12(13(19)20)7-5-9-4-6-10(16)11(17)8-9/h4,6,8,12H,5,7H2,1-3H3,(H,18,21)(H,19,20). The maximum Gasteiger partial charge on any atom is 0.408 e. The number of carboxylic acids is 1. The topological polar surface area (TPSA) is 75.6 Å². The van der Waals surface area contributed by atoms with E-state index in [1.165, 1.54) is 6.07 Å². The van der Waals surface area contributed by atoms with Crippen LogP contribution in [0.15, 0.2) is 18.2 Å². The zero-order chi connectivity index (χ0) is 16.9. The average molecular weight is 315 g/mol. The molecule has 0 spiro atoms. The summed E-state index contributed by atoms with van der Waals surface area (Å²) in [5.74, 6) is -3.19. The van der Waals surface area contributed by atoms with Crippen molar-refractivity contribution in [3.63, 3.8) is 0 Å². The number of nitrogens with one attached hydrogen (secondary N) is 1. The van der Waals surface area contributed by atoms with Crippen LogP contribution >= 0.6 is 0 Å². The van der Waals surface area contributed by atoms with Gasteiger partial charge in [-0.3, -0.25) is 0 Å². The average Bonchev–Trinajstić information content (AvgIpc) is 2.36. The fourth-order valence-corrected chi connectivity index (χ4v) is 1.71. The van der Waals surface area contributed by atoms with Gasteiger partial charge in [0, 0.05) is 0 Å². The molecule has 1 unspecified atom stereocenters. The third kappa shape index (κ3) is 6.07. The summed E-state index contributed by atoms with van der Waals surface area (Å²) in [6.07, 6.45) is -0.644. The lowest BCUT2D eigenvalue weighted by Crippen LogP contribution is -2.43. The number of aryl methyl sites for hydroxylation is 1. The highest BCUT2D eigenvalue weighted by Crippen LogP contribution is 2.12. The molecule has 0 fully saturated rings. The molecule has 0 aliphatic heterocycles. The van der Waals surface area contributed by atoms with Crippen molar-refractivity contribution in [2.75, 3.05) is 0 Å². The van der Waals surface area contributed by atoms with Crippen molar-refractivity contribution in [2.24, 2.45) is 0 Å². The Morgan fingerprint density at radius 1 is 1.27 bits per heavy atom. The molecule has 22 heavy (non-hydrogen) atoms. The molecule has 1 rings (SSSR count). The number of benzene rings is 1. The van der Waals surface area contributed by atoms with Crippen LogP contribution in [0.2, 0.25) is 0 Å². The molecular weight excluding hydrogens is 296 g/mol. The van der Waals surface area contributed by atoms with E-state index in [1.54, 1.807) is 20.8 Å². The van der Waals surface area contributed by atoms with Crippen LogP contribution in [0, 0.1) is 11.6 Å². The van der Waals surface area contributed by atoms with Crippen LogP contribution in [0.5, 0.6) is 0 Å². The Hall–Kier alpha value is -2.18. The quantitative estimate of drug-likeness (QED) is 0.876. The first-order chi connectivity index (χ1) is 10.1. The van der Waals surface area contributed by atoms with Crippen LogP contribution < -0.4 is 5.32 Å². The highest BCUT2D eigenvalue weighted by molar-refractivity contribution is 5.80. The van der Waals surface area contributed by atoms with Gasteiger partial charge in [0.25, 0.3) is 0 Å². The van der Waals surface area contributed by atoms with Crippen LogP contribution in [0.3, 0.4) is 0 Å². The molecule has 1 atom stereocenters. The molecule has 1 aromatic rings. The summed E-state index contributed by atoms with van der Waals surface area (Å²) in [5.41, 5.74) is -0.302. The number of aliphatic carboxylic acids is 1.